The topological polar surface area (TPSA) is 59.6 Å². The highest BCUT2D eigenvalue weighted by molar-refractivity contribution is 5.94. The Bertz CT molecular complexity index is 684. The van der Waals surface area contributed by atoms with Gasteiger partial charge >= 0.3 is 0 Å². The number of para-hydroxylation sites is 2. The number of anilines is 2. The largest absolute Gasteiger partial charge is 0.491 e. The van der Waals surface area contributed by atoms with Gasteiger partial charge in [0, 0.05) is 5.69 Å². The molecule has 2 aromatic rings. The fourth-order valence-corrected chi connectivity index (χ4v) is 2.33. The molecular weight excluding hydrogens is 328 g/mol. The average Bonchev–Trinajstić information content (AvgIpc) is 2.62. The molecule has 0 aliphatic heterocycles. The van der Waals surface area contributed by atoms with Crippen LogP contribution in [-0.2, 0) is 4.79 Å². The number of unbranched alkanes of at least 4 members (excludes halogenated alkanes) is 1. The lowest BCUT2D eigenvalue weighted by atomic mass is 10.2. The van der Waals surface area contributed by atoms with Gasteiger partial charge in [0.1, 0.15) is 11.5 Å². The van der Waals surface area contributed by atoms with E-state index in [2.05, 4.69) is 17.6 Å². The zero-order valence-electron chi connectivity index (χ0n) is 15.7. The molecule has 2 aromatic carbocycles. The summed E-state index contributed by atoms with van der Waals surface area (Å²) in [4.78, 5) is 12.2. The van der Waals surface area contributed by atoms with Gasteiger partial charge in [-0.2, -0.15) is 0 Å². The number of ether oxygens (including phenoxy) is 2. The number of carbonyl (C=O) groups is 1. The standard InChI is InChI=1S/C21H28N2O3/c1-4-5-14-25-20-9-7-6-8-19(20)22-15-21(24)23-17-10-12-18(13-11-17)26-16(2)3/h6-13,16,22H,4-5,14-15H2,1-3H3,(H,23,24). The van der Waals surface area contributed by atoms with Crippen molar-refractivity contribution in [3.8, 4) is 11.5 Å². The van der Waals surface area contributed by atoms with Crippen LogP contribution in [0, 0.1) is 0 Å². The van der Waals surface area contributed by atoms with Gasteiger partial charge in [-0.1, -0.05) is 25.5 Å². The number of rotatable bonds is 10. The molecule has 0 spiro atoms. The summed E-state index contributed by atoms with van der Waals surface area (Å²) in [5.74, 6) is 1.43. The molecule has 0 bridgehead atoms. The maximum atomic E-state index is 12.2. The fraction of sp³-hybridized carbons (Fsp3) is 0.381. The van der Waals surface area contributed by atoms with Crippen molar-refractivity contribution in [2.45, 2.75) is 39.7 Å². The zero-order valence-corrected chi connectivity index (χ0v) is 15.7. The Kier molecular flexibility index (Phi) is 7.80. The van der Waals surface area contributed by atoms with Gasteiger partial charge in [0.25, 0.3) is 0 Å². The van der Waals surface area contributed by atoms with Crippen molar-refractivity contribution in [2.24, 2.45) is 0 Å². The highest BCUT2D eigenvalue weighted by atomic mass is 16.5. The first kappa shape index (κ1) is 19.6. The van der Waals surface area contributed by atoms with Gasteiger partial charge in [-0.3, -0.25) is 4.79 Å². The molecule has 26 heavy (non-hydrogen) atoms. The number of nitrogens with one attached hydrogen (secondary N) is 2. The molecule has 5 heteroatoms. The van der Waals surface area contributed by atoms with Crippen molar-refractivity contribution in [1.82, 2.24) is 0 Å². The predicted molar refractivity (Wildman–Crippen MR) is 106 cm³/mol. The van der Waals surface area contributed by atoms with Crippen LogP contribution in [0.2, 0.25) is 0 Å². The Morgan fingerprint density at radius 1 is 1.08 bits per heavy atom. The van der Waals surface area contributed by atoms with Crippen LogP contribution in [-0.4, -0.2) is 25.2 Å². The smallest absolute Gasteiger partial charge is 0.243 e. The van der Waals surface area contributed by atoms with Crippen molar-refractivity contribution in [3.63, 3.8) is 0 Å². The van der Waals surface area contributed by atoms with Gasteiger partial charge in [0.2, 0.25) is 5.91 Å². The van der Waals surface area contributed by atoms with E-state index in [9.17, 15) is 4.79 Å². The molecule has 0 fully saturated rings. The predicted octanol–water partition coefficient (Wildman–Crippen LogP) is 4.70. The summed E-state index contributed by atoms with van der Waals surface area (Å²) in [6.07, 6.45) is 2.21. The third kappa shape index (κ3) is 6.67. The van der Waals surface area contributed by atoms with Crippen LogP contribution in [0.15, 0.2) is 48.5 Å². The Morgan fingerprint density at radius 2 is 1.81 bits per heavy atom. The third-order valence-electron chi connectivity index (χ3n) is 3.59. The van der Waals surface area contributed by atoms with E-state index in [-0.39, 0.29) is 18.6 Å². The van der Waals surface area contributed by atoms with E-state index in [4.69, 9.17) is 9.47 Å². The average molecular weight is 356 g/mol. The molecule has 1 amide bonds. The number of hydrogen-bond acceptors (Lipinski definition) is 4. The summed E-state index contributed by atoms with van der Waals surface area (Å²) >= 11 is 0. The van der Waals surface area contributed by atoms with Gasteiger partial charge in [-0.05, 0) is 56.7 Å². The molecule has 0 aliphatic rings. The summed E-state index contributed by atoms with van der Waals surface area (Å²) in [6, 6.07) is 15.0. The zero-order chi connectivity index (χ0) is 18.8. The molecule has 0 aliphatic carbocycles. The van der Waals surface area contributed by atoms with E-state index in [1.807, 2.05) is 62.4 Å². The Balaban J connectivity index is 1.85. The molecule has 0 unspecified atom stereocenters. The molecular formula is C21H28N2O3. The molecule has 0 aromatic heterocycles. The van der Waals surface area contributed by atoms with E-state index in [1.165, 1.54) is 0 Å². The summed E-state index contributed by atoms with van der Waals surface area (Å²) in [5.41, 5.74) is 1.56. The van der Waals surface area contributed by atoms with Gasteiger partial charge in [-0.25, -0.2) is 0 Å². The van der Waals surface area contributed by atoms with E-state index in [1.54, 1.807) is 0 Å². The molecule has 140 valence electrons. The minimum atomic E-state index is -0.120. The van der Waals surface area contributed by atoms with Crippen molar-refractivity contribution < 1.29 is 14.3 Å². The Morgan fingerprint density at radius 3 is 2.50 bits per heavy atom. The number of carbonyl (C=O) groups excluding carboxylic acids is 1. The number of amides is 1. The third-order valence-corrected chi connectivity index (χ3v) is 3.59. The van der Waals surface area contributed by atoms with Crippen molar-refractivity contribution in [1.29, 1.82) is 0 Å². The lowest BCUT2D eigenvalue weighted by molar-refractivity contribution is -0.114. The molecule has 2 rings (SSSR count). The molecule has 0 saturated heterocycles. The van der Waals surface area contributed by atoms with E-state index in [0.29, 0.717) is 6.61 Å². The van der Waals surface area contributed by atoms with Gasteiger partial charge in [0.15, 0.2) is 0 Å². The quantitative estimate of drug-likeness (QED) is 0.606. The van der Waals surface area contributed by atoms with Crippen molar-refractivity contribution in [2.75, 3.05) is 23.8 Å². The van der Waals surface area contributed by atoms with Crippen LogP contribution in [0.1, 0.15) is 33.6 Å². The molecule has 5 nitrogen and oxygen atoms in total. The van der Waals surface area contributed by atoms with Crippen LogP contribution < -0.4 is 20.1 Å². The lowest BCUT2D eigenvalue weighted by Gasteiger charge is -2.13. The molecule has 0 radical (unpaired) electrons. The highest BCUT2D eigenvalue weighted by Crippen LogP contribution is 2.24. The fourth-order valence-electron chi connectivity index (χ4n) is 2.33. The first-order valence-electron chi connectivity index (χ1n) is 9.10. The molecule has 2 N–H and O–H groups in total. The number of hydrogen-bond donors (Lipinski definition) is 2. The Hall–Kier alpha value is -2.69. The first-order chi connectivity index (χ1) is 12.6. The van der Waals surface area contributed by atoms with Crippen LogP contribution in [0.4, 0.5) is 11.4 Å². The maximum absolute atomic E-state index is 12.2. The van der Waals surface area contributed by atoms with Gasteiger partial charge in [-0.15, -0.1) is 0 Å². The van der Waals surface area contributed by atoms with E-state index < -0.39 is 0 Å². The Labute approximate surface area is 155 Å². The second-order valence-corrected chi connectivity index (χ2v) is 6.29. The maximum Gasteiger partial charge on any atom is 0.243 e. The summed E-state index contributed by atoms with van der Waals surface area (Å²) < 4.78 is 11.4. The van der Waals surface area contributed by atoms with Crippen LogP contribution in [0.5, 0.6) is 11.5 Å². The SMILES string of the molecule is CCCCOc1ccccc1NCC(=O)Nc1ccc(OC(C)C)cc1. The first-order valence-corrected chi connectivity index (χ1v) is 9.10. The van der Waals surface area contributed by atoms with E-state index >= 15 is 0 Å². The molecule has 0 heterocycles. The highest BCUT2D eigenvalue weighted by Gasteiger charge is 2.07. The molecule has 0 atom stereocenters. The van der Waals surface area contributed by atoms with Crippen LogP contribution >= 0.6 is 0 Å². The second kappa shape index (κ2) is 10.3. The van der Waals surface area contributed by atoms with Gasteiger partial charge in [0.05, 0.1) is 24.9 Å². The molecule has 0 saturated carbocycles. The minimum absolute atomic E-state index is 0.120. The summed E-state index contributed by atoms with van der Waals surface area (Å²) in [7, 11) is 0. The van der Waals surface area contributed by atoms with Crippen molar-refractivity contribution >= 4 is 17.3 Å². The summed E-state index contributed by atoms with van der Waals surface area (Å²) in [6.45, 7) is 6.92. The van der Waals surface area contributed by atoms with Crippen molar-refractivity contribution in [3.05, 3.63) is 48.5 Å². The number of benzene rings is 2. The van der Waals surface area contributed by atoms with Crippen LogP contribution in [0.25, 0.3) is 0 Å². The second-order valence-electron chi connectivity index (χ2n) is 6.29. The minimum Gasteiger partial charge on any atom is -0.491 e. The normalized spacial score (nSPS) is 10.5. The van der Waals surface area contributed by atoms with E-state index in [0.717, 1.165) is 35.7 Å². The lowest BCUT2D eigenvalue weighted by Crippen LogP contribution is -2.22. The monoisotopic (exact) mass is 356 g/mol. The van der Waals surface area contributed by atoms with Gasteiger partial charge < -0.3 is 20.1 Å². The van der Waals surface area contributed by atoms with Crippen LogP contribution in [0.3, 0.4) is 0 Å². The summed E-state index contributed by atoms with van der Waals surface area (Å²) in [5, 5.41) is 6.00.